The number of alkyl halides is 1. The Morgan fingerprint density at radius 2 is 1.82 bits per heavy atom. The third kappa shape index (κ3) is 1.33. The fourth-order valence-electron chi connectivity index (χ4n) is 0.558. The molecule has 1 atom stereocenters. The highest BCUT2D eigenvalue weighted by molar-refractivity contribution is 7.80. The summed E-state index contributed by atoms with van der Waals surface area (Å²) in [6.45, 7) is 0. The number of halogens is 4. The van der Waals surface area contributed by atoms with E-state index in [0.717, 1.165) is 0 Å². The molecule has 1 aliphatic carbocycles. The van der Waals surface area contributed by atoms with Crippen LogP contribution in [0.2, 0.25) is 0 Å². The van der Waals surface area contributed by atoms with E-state index in [0.29, 0.717) is 0 Å². The second-order valence-corrected chi connectivity index (χ2v) is 2.27. The highest BCUT2D eigenvalue weighted by Crippen LogP contribution is 2.28. The minimum Gasteiger partial charge on any atom is -0.233 e. The molecule has 5 heteroatoms. The summed E-state index contributed by atoms with van der Waals surface area (Å²) >= 11 is 4.15. The first-order chi connectivity index (χ1) is 5.04. The summed E-state index contributed by atoms with van der Waals surface area (Å²) in [6.07, 6.45) is -0.828. The molecule has 0 spiro atoms. The Balaban J connectivity index is 3.12. The van der Waals surface area contributed by atoms with E-state index in [1.54, 1.807) is 6.08 Å². The minimum atomic E-state index is -2.37. The van der Waals surface area contributed by atoms with Crippen LogP contribution in [-0.4, -0.2) is 11.0 Å². The summed E-state index contributed by atoms with van der Waals surface area (Å²) in [5.41, 5.74) is 0. The number of thiocarbonyl (C=S) groups is 1. The first kappa shape index (κ1) is 8.39. The van der Waals surface area contributed by atoms with Crippen molar-refractivity contribution in [2.24, 2.45) is 0 Å². The quantitative estimate of drug-likeness (QED) is 0.408. The van der Waals surface area contributed by atoms with Gasteiger partial charge in [0.15, 0.2) is 23.7 Å². The molecule has 59 valence electrons. The molecule has 0 bridgehead atoms. The van der Waals surface area contributed by atoms with Gasteiger partial charge in [0.25, 0.3) is 0 Å². The summed E-state index contributed by atoms with van der Waals surface area (Å²) in [6, 6.07) is 0. The molecule has 0 amide bonds. The molecule has 0 saturated heterocycles. The molecule has 0 aliphatic heterocycles. The molecular formula is C6HF4S. The van der Waals surface area contributed by atoms with E-state index in [-0.39, 0.29) is 0 Å². The molecule has 1 rings (SSSR count). The van der Waals surface area contributed by atoms with Crippen molar-refractivity contribution in [1.29, 1.82) is 0 Å². The molecule has 0 N–H and O–H groups in total. The van der Waals surface area contributed by atoms with Crippen molar-refractivity contribution in [3.63, 3.8) is 0 Å². The topological polar surface area (TPSA) is 0 Å². The molecule has 0 fully saturated rings. The Kier molecular flexibility index (Phi) is 2.08. The summed E-state index contributed by atoms with van der Waals surface area (Å²) in [7, 11) is 0. The van der Waals surface area contributed by atoms with Crippen LogP contribution in [0.15, 0.2) is 17.5 Å². The lowest BCUT2D eigenvalue weighted by molar-refractivity contribution is 0.370. The van der Waals surface area contributed by atoms with Crippen LogP contribution in [0.5, 0.6) is 0 Å². The maximum Gasteiger partial charge on any atom is 0.194 e. The van der Waals surface area contributed by atoms with Crippen molar-refractivity contribution in [3.8, 4) is 0 Å². The first-order valence-electron chi connectivity index (χ1n) is 2.57. The van der Waals surface area contributed by atoms with Crippen LogP contribution in [0.25, 0.3) is 0 Å². The van der Waals surface area contributed by atoms with Crippen LogP contribution in [0.4, 0.5) is 17.6 Å². The standard InChI is InChI=1S/C6HF4S/c7-2-1-3(11)5(9)6(10)4(2)8/h5H. The molecule has 0 aromatic carbocycles. The van der Waals surface area contributed by atoms with Gasteiger partial charge in [0.2, 0.25) is 0 Å². The van der Waals surface area contributed by atoms with Crippen LogP contribution in [0.3, 0.4) is 0 Å². The molecule has 0 saturated carbocycles. The molecule has 0 aromatic heterocycles. The van der Waals surface area contributed by atoms with Gasteiger partial charge in [-0.05, 0) is 0 Å². The van der Waals surface area contributed by atoms with Crippen LogP contribution in [-0.2, 0) is 0 Å². The predicted molar refractivity (Wildman–Crippen MR) is 34.6 cm³/mol. The van der Waals surface area contributed by atoms with Crippen LogP contribution in [0, 0.1) is 6.08 Å². The Labute approximate surface area is 65.2 Å². The monoisotopic (exact) mass is 181 g/mol. The lowest BCUT2D eigenvalue weighted by Gasteiger charge is -2.09. The van der Waals surface area contributed by atoms with E-state index in [2.05, 4.69) is 12.2 Å². The molecule has 1 radical (unpaired) electrons. The molecule has 1 unspecified atom stereocenters. The summed E-state index contributed by atoms with van der Waals surface area (Å²) in [5, 5.41) is 0. The lowest BCUT2D eigenvalue weighted by Crippen LogP contribution is -2.17. The smallest absolute Gasteiger partial charge is 0.194 e. The average molecular weight is 181 g/mol. The van der Waals surface area contributed by atoms with E-state index in [4.69, 9.17) is 0 Å². The van der Waals surface area contributed by atoms with Gasteiger partial charge < -0.3 is 0 Å². The van der Waals surface area contributed by atoms with Crippen molar-refractivity contribution >= 4 is 17.1 Å². The largest absolute Gasteiger partial charge is 0.233 e. The van der Waals surface area contributed by atoms with Crippen LogP contribution >= 0.6 is 12.2 Å². The van der Waals surface area contributed by atoms with Gasteiger partial charge in [0, 0.05) is 6.08 Å². The molecule has 0 nitrogen and oxygen atoms in total. The normalized spacial score (nSPS) is 25.6. The number of hydrogen-bond donors (Lipinski definition) is 0. The summed E-state index contributed by atoms with van der Waals surface area (Å²) in [5.74, 6) is -5.25. The lowest BCUT2D eigenvalue weighted by atomic mass is 10.1. The zero-order valence-corrected chi connectivity index (χ0v) is 5.81. The molecule has 1 aliphatic rings. The second-order valence-electron chi connectivity index (χ2n) is 1.83. The number of rotatable bonds is 0. The van der Waals surface area contributed by atoms with E-state index >= 15 is 0 Å². The molecule has 0 heterocycles. The zero-order chi connectivity index (χ0) is 8.59. The highest BCUT2D eigenvalue weighted by Gasteiger charge is 2.29. The number of hydrogen-bond acceptors (Lipinski definition) is 1. The van der Waals surface area contributed by atoms with Gasteiger partial charge >= 0.3 is 0 Å². The minimum absolute atomic E-state index is 0.707. The Morgan fingerprint density at radius 1 is 1.27 bits per heavy atom. The van der Waals surface area contributed by atoms with Crippen molar-refractivity contribution < 1.29 is 17.6 Å². The Hall–Kier alpha value is -0.710. The van der Waals surface area contributed by atoms with Crippen molar-refractivity contribution in [3.05, 3.63) is 23.6 Å². The third-order valence-corrected chi connectivity index (χ3v) is 1.40. The van der Waals surface area contributed by atoms with Crippen LogP contribution < -0.4 is 0 Å². The second kappa shape index (κ2) is 2.73. The van der Waals surface area contributed by atoms with Gasteiger partial charge in [-0.1, -0.05) is 12.2 Å². The first-order valence-corrected chi connectivity index (χ1v) is 2.97. The van der Waals surface area contributed by atoms with Crippen LogP contribution in [0.1, 0.15) is 0 Å². The van der Waals surface area contributed by atoms with Gasteiger partial charge in [-0.3, -0.25) is 0 Å². The van der Waals surface area contributed by atoms with E-state index < -0.39 is 28.5 Å². The Bertz CT molecular complexity index is 266. The van der Waals surface area contributed by atoms with Gasteiger partial charge in [0.1, 0.15) is 0 Å². The fourth-order valence-corrected chi connectivity index (χ4v) is 0.751. The Morgan fingerprint density at radius 3 is 2.36 bits per heavy atom. The van der Waals surface area contributed by atoms with E-state index in [1.807, 2.05) is 0 Å². The van der Waals surface area contributed by atoms with Gasteiger partial charge in [-0.15, -0.1) is 0 Å². The van der Waals surface area contributed by atoms with E-state index in [1.165, 1.54) is 0 Å². The molecular weight excluding hydrogens is 180 g/mol. The maximum absolute atomic E-state index is 12.3. The SMILES string of the molecule is FC1=[C]C(=S)C(F)C(F)=C1F. The molecule has 11 heavy (non-hydrogen) atoms. The van der Waals surface area contributed by atoms with Crippen molar-refractivity contribution in [1.82, 2.24) is 0 Å². The summed E-state index contributed by atoms with van der Waals surface area (Å²) in [4.78, 5) is -0.707. The van der Waals surface area contributed by atoms with Gasteiger partial charge in [-0.2, -0.15) is 0 Å². The van der Waals surface area contributed by atoms with Crippen molar-refractivity contribution in [2.45, 2.75) is 6.17 Å². The van der Waals surface area contributed by atoms with Gasteiger partial charge in [-0.25, -0.2) is 17.6 Å². The average Bonchev–Trinajstić information content (AvgIpc) is 1.97. The number of allylic oxidation sites excluding steroid dienone is 4. The predicted octanol–water partition coefficient (Wildman–Crippen LogP) is 2.52. The fraction of sp³-hybridized carbons (Fsp3) is 0.167. The zero-order valence-electron chi connectivity index (χ0n) is 5.00. The highest BCUT2D eigenvalue weighted by atomic mass is 32.1. The third-order valence-electron chi connectivity index (χ3n) is 1.09. The van der Waals surface area contributed by atoms with Crippen molar-refractivity contribution in [2.75, 3.05) is 0 Å². The van der Waals surface area contributed by atoms with E-state index in [9.17, 15) is 17.6 Å². The molecule has 0 aromatic rings. The van der Waals surface area contributed by atoms with Gasteiger partial charge in [0.05, 0.1) is 4.86 Å². The maximum atomic E-state index is 12.3. The summed E-state index contributed by atoms with van der Waals surface area (Å²) < 4.78 is 48.8.